The van der Waals surface area contributed by atoms with E-state index in [1.54, 1.807) is 18.2 Å². The molecular formula is C17H25NO5. The number of carbonyl (C=O) groups excluding carboxylic acids is 1. The lowest BCUT2D eigenvalue weighted by atomic mass is 10.1. The van der Waals surface area contributed by atoms with Gasteiger partial charge in [-0.15, -0.1) is 0 Å². The van der Waals surface area contributed by atoms with Gasteiger partial charge in [-0.2, -0.15) is 0 Å². The van der Waals surface area contributed by atoms with Gasteiger partial charge < -0.3 is 19.9 Å². The summed E-state index contributed by atoms with van der Waals surface area (Å²) in [6.45, 7) is 6.32. The van der Waals surface area contributed by atoms with E-state index in [1.165, 1.54) is 7.11 Å². The Morgan fingerprint density at radius 3 is 2.52 bits per heavy atom. The van der Waals surface area contributed by atoms with Gasteiger partial charge in [-0.1, -0.05) is 27.2 Å². The monoisotopic (exact) mass is 323 g/mol. The number of amides is 1. The molecule has 1 aromatic rings. The van der Waals surface area contributed by atoms with E-state index in [0.717, 1.165) is 0 Å². The number of hydrogen-bond donors (Lipinski definition) is 2. The third-order valence-corrected chi connectivity index (χ3v) is 3.19. The number of carboxylic acid groups (broad SMARTS) is 1. The van der Waals surface area contributed by atoms with E-state index in [4.69, 9.17) is 14.6 Å². The fraction of sp³-hybridized carbons (Fsp3) is 0.529. The minimum Gasteiger partial charge on any atom is -0.497 e. The van der Waals surface area contributed by atoms with Gasteiger partial charge in [-0.25, -0.2) is 4.79 Å². The molecule has 0 radical (unpaired) electrons. The number of ether oxygens (including phenoxy) is 2. The maximum Gasteiger partial charge on any atom is 0.326 e. The summed E-state index contributed by atoms with van der Waals surface area (Å²) >= 11 is 0. The number of benzene rings is 1. The summed E-state index contributed by atoms with van der Waals surface area (Å²) in [7, 11) is 1.53. The highest BCUT2D eigenvalue weighted by atomic mass is 16.5. The van der Waals surface area contributed by atoms with Gasteiger partial charge in [0.25, 0.3) is 5.91 Å². The average molecular weight is 323 g/mol. The molecule has 1 aromatic carbocycles. The number of nitrogens with one attached hydrogen (secondary N) is 1. The van der Waals surface area contributed by atoms with Crippen LogP contribution in [0.15, 0.2) is 18.2 Å². The second-order valence-electron chi connectivity index (χ2n) is 5.72. The molecule has 1 atom stereocenters. The van der Waals surface area contributed by atoms with Crippen LogP contribution in [0.25, 0.3) is 0 Å². The standard InChI is InChI=1S/C17H25NO5/c1-5-6-14(17(20)21)18-16(19)13-8-7-12(22-4)9-15(13)23-10-11(2)3/h7-9,11,14H,5-6,10H2,1-4H3,(H,18,19)(H,20,21). The summed E-state index contributed by atoms with van der Waals surface area (Å²) in [6, 6.07) is 3.95. The maximum absolute atomic E-state index is 12.4. The van der Waals surface area contributed by atoms with Gasteiger partial charge in [-0.3, -0.25) is 4.79 Å². The van der Waals surface area contributed by atoms with Crippen LogP contribution in [-0.4, -0.2) is 36.7 Å². The van der Waals surface area contributed by atoms with Gasteiger partial charge in [0.1, 0.15) is 17.5 Å². The van der Waals surface area contributed by atoms with Gasteiger partial charge in [0.2, 0.25) is 0 Å². The minimum atomic E-state index is -1.04. The van der Waals surface area contributed by atoms with E-state index in [0.29, 0.717) is 42.4 Å². The van der Waals surface area contributed by atoms with Crippen LogP contribution < -0.4 is 14.8 Å². The van der Waals surface area contributed by atoms with Gasteiger partial charge in [0, 0.05) is 6.07 Å². The topological polar surface area (TPSA) is 84.9 Å². The van der Waals surface area contributed by atoms with E-state index < -0.39 is 17.9 Å². The molecule has 6 nitrogen and oxygen atoms in total. The molecule has 0 bridgehead atoms. The SMILES string of the molecule is CCCC(NC(=O)c1ccc(OC)cc1OCC(C)C)C(=O)O. The molecule has 0 aromatic heterocycles. The molecule has 1 amide bonds. The Morgan fingerprint density at radius 2 is 2.00 bits per heavy atom. The second kappa shape index (κ2) is 9.02. The van der Waals surface area contributed by atoms with Crippen LogP contribution >= 0.6 is 0 Å². The van der Waals surface area contributed by atoms with Crippen molar-refractivity contribution in [1.82, 2.24) is 5.32 Å². The van der Waals surface area contributed by atoms with Crippen molar-refractivity contribution in [2.75, 3.05) is 13.7 Å². The van der Waals surface area contributed by atoms with E-state index in [-0.39, 0.29) is 0 Å². The van der Waals surface area contributed by atoms with Crippen molar-refractivity contribution in [2.45, 2.75) is 39.7 Å². The van der Waals surface area contributed by atoms with E-state index in [2.05, 4.69) is 5.32 Å². The first-order chi connectivity index (χ1) is 10.9. The number of aliphatic carboxylic acids is 1. The smallest absolute Gasteiger partial charge is 0.326 e. The normalized spacial score (nSPS) is 11.9. The Morgan fingerprint density at radius 1 is 1.30 bits per heavy atom. The van der Waals surface area contributed by atoms with Crippen LogP contribution in [0.2, 0.25) is 0 Å². The molecule has 0 aliphatic heterocycles. The molecular weight excluding hydrogens is 298 g/mol. The minimum absolute atomic E-state index is 0.295. The maximum atomic E-state index is 12.4. The predicted molar refractivity (Wildman–Crippen MR) is 87.1 cm³/mol. The van der Waals surface area contributed by atoms with Gasteiger partial charge in [-0.05, 0) is 24.5 Å². The van der Waals surface area contributed by atoms with Crippen LogP contribution in [0.3, 0.4) is 0 Å². The fourth-order valence-corrected chi connectivity index (χ4v) is 1.98. The van der Waals surface area contributed by atoms with E-state index in [9.17, 15) is 9.59 Å². The summed E-state index contributed by atoms with van der Waals surface area (Å²) in [5, 5.41) is 11.7. The first-order valence-electron chi connectivity index (χ1n) is 7.73. The predicted octanol–water partition coefficient (Wildman–Crippen LogP) is 2.71. The van der Waals surface area contributed by atoms with Crippen LogP contribution in [0.1, 0.15) is 44.0 Å². The first-order valence-corrected chi connectivity index (χ1v) is 7.73. The number of methoxy groups -OCH3 is 1. The quantitative estimate of drug-likeness (QED) is 0.730. The van der Waals surface area contributed by atoms with Crippen LogP contribution in [-0.2, 0) is 4.79 Å². The zero-order chi connectivity index (χ0) is 17.4. The zero-order valence-corrected chi connectivity index (χ0v) is 14.1. The molecule has 2 N–H and O–H groups in total. The molecule has 1 unspecified atom stereocenters. The lowest BCUT2D eigenvalue weighted by molar-refractivity contribution is -0.139. The van der Waals surface area contributed by atoms with Crippen LogP contribution in [0, 0.1) is 5.92 Å². The van der Waals surface area contributed by atoms with Gasteiger partial charge in [0.15, 0.2) is 0 Å². The highest BCUT2D eigenvalue weighted by molar-refractivity contribution is 5.99. The third kappa shape index (κ3) is 5.81. The molecule has 0 heterocycles. The Labute approximate surface area is 136 Å². The van der Waals surface area contributed by atoms with Crippen molar-refractivity contribution >= 4 is 11.9 Å². The Kier molecular flexibility index (Phi) is 7.38. The highest BCUT2D eigenvalue weighted by Gasteiger charge is 2.22. The molecule has 0 aliphatic rings. The molecule has 0 saturated heterocycles. The highest BCUT2D eigenvalue weighted by Crippen LogP contribution is 2.25. The van der Waals surface area contributed by atoms with Crippen molar-refractivity contribution in [3.63, 3.8) is 0 Å². The Bertz CT molecular complexity index is 542. The second-order valence-corrected chi connectivity index (χ2v) is 5.72. The first kappa shape index (κ1) is 18.8. The molecule has 0 aliphatic carbocycles. The molecule has 0 saturated carbocycles. The molecule has 0 spiro atoms. The lowest BCUT2D eigenvalue weighted by Crippen LogP contribution is -2.40. The average Bonchev–Trinajstić information content (AvgIpc) is 2.51. The van der Waals surface area contributed by atoms with E-state index in [1.807, 2.05) is 20.8 Å². The fourth-order valence-electron chi connectivity index (χ4n) is 1.98. The van der Waals surface area contributed by atoms with Crippen molar-refractivity contribution in [1.29, 1.82) is 0 Å². The molecule has 6 heteroatoms. The number of hydrogen-bond acceptors (Lipinski definition) is 4. The van der Waals surface area contributed by atoms with Crippen LogP contribution in [0.4, 0.5) is 0 Å². The van der Waals surface area contributed by atoms with Gasteiger partial charge >= 0.3 is 5.97 Å². The lowest BCUT2D eigenvalue weighted by Gasteiger charge is -2.17. The Hall–Kier alpha value is -2.24. The Balaban J connectivity index is 2.99. The summed E-state index contributed by atoms with van der Waals surface area (Å²) in [6.07, 6.45) is 1.04. The van der Waals surface area contributed by atoms with Crippen molar-refractivity contribution in [2.24, 2.45) is 5.92 Å². The van der Waals surface area contributed by atoms with E-state index >= 15 is 0 Å². The summed E-state index contributed by atoms with van der Waals surface area (Å²) in [5.74, 6) is -0.255. The number of carboxylic acids is 1. The van der Waals surface area contributed by atoms with Crippen molar-refractivity contribution in [3.05, 3.63) is 23.8 Å². The molecule has 1 rings (SSSR count). The third-order valence-electron chi connectivity index (χ3n) is 3.19. The summed E-state index contributed by atoms with van der Waals surface area (Å²) in [4.78, 5) is 23.6. The number of rotatable bonds is 9. The molecule has 0 fully saturated rings. The van der Waals surface area contributed by atoms with Crippen molar-refractivity contribution in [3.8, 4) is 11.5 Å². The molecule has 128 valence electrons. The number of carbonyl (C=O) groups is 2. The van der Waals surface area contributed by atoms with Gasteiger partial charge in [0.05, 0.1) is 19.3 Å². The largest absolute Gasteiger partial charge is 0.497 e. The summed E-state index contributed by atoms with van der Waals surface area (Å²) < 4.78 is 10.8. The van der Waals surface area contributed by atoms with Crippen LogP contribution in [0.5, 0.6) is 11.5 Å². The zero-order valence-electron chi connectivity index (χ0n) is 14.1. The molecule has 23 heavy (non-hydrogen) atoms. The van der Waals surface area contributed by atoms with Crippen molar-refractivity contribution < 1.29 is 24.2 Å². The summed E-state index contributed by atoms with van der Waals surface area (Å²) in [5.41, 5.74) is 0.300.